The number of anilines is 3. The van der Waals surface area contributed by atoms with Crippen LogP contribution in [0.25, 0.3) is 21.9 Å². The van der Waals surface area contributed by atoms with Gasteiger partial charge in [-0.05, 0) is 59.0 Å². The minimum absolute atomic E-state index is 0.282. The van der Waals surface area contributed by atoms with Crippen molar-refractivity contribution < 1.29 is 31.8 Å². The summed E-state index contributed by atoms with van der Waals surface area (Å²) in [6.45, 7) is 0.694. The fourth-order valence-electron chi connectivity index (χ4n) is 3.66. The van der Waals surface area contributed by atoms with Crippen LogP contribution in [-0.2, 0) is 10.9 Å². The van der Waals surface area contributed by atoms with Crippen LogP contribution in [0.15, 0.2) is 66.7 Å². The number of aromatic nitrogens is 1. The number of hydrogen-bond acceptors (Lipinski definition) is 5. The molecule has 0 saturated carbocycles. The van der Waals surface area contributed by atoms with E-state index in [0.717, 1.165) is 21.9 Å². The molecule has 3 aromatic carbocycles. The molecule has 0 fully saturated rings. The van der Waals surface area contributed by atoms with Gasteiger partial charge < -0.3 is 25.8 Å². The van der Waals surface area contributed by atoms with Crippen molar-refractivity contribution in [2.75, 3.05) is 36.7 Å². The van der Waals surface area contributed by atoms with Crippen molar-refractivity contribution in [3.63, 3.8) is 0 Å². The third kappa shape index (κ3) is 6.07. The summed E-state index contributed by atoms with van der Waals surface area (Å²) in [7, 11) is 1.57. The van der Waals surface area contributed by atoms with E-state index in [2.05, 4.69) is 15.6 Å². The molecule has 2 amide bonds. The van der Waals surface area contributed by atoms with Gasteiger partial charge in [-0.3, -0.25) is 0 Å². The van der Waals surface area contributed by atoms with Crippen LogP contribution >= 0.6 is 0 Å². The molecule has 37 heavy (non-hydrogen) atoms. The maximum Gasteiger partial charge on any atom is 0.416 e. The smallest absolute Gasteiger partial charge is 0.416 e. The lowest BCUT2D eigenvalue weighted by atomic mass is 9.99. The van der Waals surface area contributed by atoms with Crippen molar-refractivity contribution in [1.82, 2.24) is 4.98 Å². The van der Waals surface area contributed by atoms with Crippen molar-refractivity contribution >= 4 is 34.0 Å². The summed E-state index contributed by atoms with van der Waals surface area (Å²) in [6, 6.07) is 14.9. The third-order valence-corrected chi connectivity index (χ3v) is 5.38. The highest BCUT2D eigenvalue weighted by Crippen LogP contribution is 2.35. The summed E-state index contributed by atoms with van der Waals surface area (Å²) < 4.78 is 63.4. The largest absolute Gasteiger partial charge is 0.475 e. The Morgan fingerprint density at radius 3 is 2.43 bits per heavy atom. The Bertz CT molecular complexity index is 1430. The molecular weight excluding hydrogens is 492 g/mol. The predicted octanol–water partition coefficient (Wildman–Crippen LogP) is 6.31. The number of fused-ring (bicyclic) bond motifs is 1. The quantitative estimate of drug-likeness (QED) is 0.198. The summed E-state index contributed by atoms with van der Waals surface area (Å²) in [5, 5.41) is 6.15. The van der Waals surface area contributed by atoms with E-state index in [1.54, 1.807) is 37.4 Å². The molecule has 11 heteroatoms. The molecule has 0 saturated heterocycles. The fourth-order valence-corrected chi connectivity index (χ4v) is 3.66. The highest BCUT2D eigenvalue weighted by atomic mass is 19.4. The Labute approximate surface area is 209 Å². The summed E-state index contributed by atoms with van der Waals surface area (Å²) in [4.78, 5) is 16.6. The van der Waals surface area contributed by atoms with Gasteiger partial charge in [-0.15, -0.1) is 0 Å². The van der Waals surface area contributed by atoms with Crippen molar-refractivity contribution in [3.05, 3.63) is 78.1 Å². The first kappa shape index (κ1) is 25.7. The molecule has 0 spiro atoms. The number of halogens is 4. The number of ether oxygens (including phenoxy) is 2. The molecule has 4 rings (SSSR count). The molecule has 7 nitrogen and oxygen atoms in total. The van der Waals surface area contributed by atoms with Crippen molar-refractivity contribution in [2.45, 2.75) is 6.18 Å². The monoisotopic (exact) mass is 514 g/mol. The molecule has 4 aromatic rings. The van der Waals surface area contributed by atoms with Gasteiger partial charge in [-0.25, -0.2) is 9.18 Å². The van der Waals surface area contributed by atoms with Crippen LogP contribution in [0.3, 0.4) is 0 Å². The second kappa shape index (κ2) is 10.7. The molecule has 4 N–H and O–H groups in total. The van der Waals surface area contributed by atoms with Gasteiger partial charge in [0, 0.05) is 18.2 Å². The summed E-state index contributed by atoms with van der Waals surface area (Å²) in [5.74, 6) is -0.330. The van der Waals surface area contributed by atoms with E-state index in [0.29, 0.717) is 43.0 Å². The molecule has 0 atom stereocenters. The Morgan fingerprint density at radius 2 is 1.73 bits per heavy atom. The van der Waals surface area contributed by atoms with Crippen LogP contribution in [0.4, 0.5) is 39.5 Å². The number of carbonyl (C=O) groups excluding carboxylic acids is 1. The van der Waals surface area contributed by atoms with Crippen molar-refractivity contribution in [1.29, 1.82) is 0 Å². The number of rotatable bonds is 7. The van der Waals surface area contributed by atoms with Gasteiger partial charge in [-0.2, -0.15) is 18.2 Å². The topological polar surface area (TPSA) is 98.5 Å². The number of nitrogen functional groups attached to an aromatic ring is 1. The van der Waals surface area contributed by atoms with Crippen molar-refractivity contribution in [3.8, 4) is 17.0 Å². The number of methoxy groups -OCH3 is 1. The molecule has 0 radical (unpaired) electrons. The number of amides is 2. The molecule has 0 bridgehead atoms. The summed E-state index contributed by atoms with van der Waals surface area (Å²) in [6.07, 6.45) is -4.67. The van der Waals surface area contributed by atoms with Crippen LogP contribution in [-0.4, -0.2) is 31.3 Å². The Hall–Kier alpha value is -4.38. The van der Waals surface area contributed by atoms with Crippen LogP contribution in [0, 0.1) is 5.82 Å². The van der Waals surface area contributed by atoms with E-state index in [1.165, 1.54) is 0 Å². The zero-order valence-electron chi connectivity index (χ0n) is 19.5. The van der Waals surface area contributed by atoms with Gasteiger partial charge in [0.25, 0.3) is 0 Å². The predicted molar refractivity (Wildman–Crippen MR) is 133 cm³/mol. The number of nitrogens with two attached hydrogens (primary N) is 1. The van der Waals surface area contributed by atoms with Crippen LogP contribution in [0.5, 0.6) is 5.88 Å². The summed E-state index contributed by atoms with van der Waals surface area (Å²) >= 11 is 0. The lowest BCUT2D eigenvalue weighted by Crippen LogP contribution is -2.20. The SMILES string of the molecule is COCCOc1nc(N)cc2c(-c3ccc(NC(=O)Nc4cc(C(F)(F)F)ccc4F)cc3)cccc12. The van der Waals surface area contributed by atoms with Gasteiger partial charge >= 0.3 is 12.2 Å². The lowest BCUT2D eigenvalue weighted by molar-refractivity contribution is -0.137. The number of urea groups is 1. The van der Waals surface area contributed by atoms with Crippen molar-refractivity contribution in [2.24, 2.45) is 0 Å². The van der Waals surface area contributed by atoms with Crippen LogP contribution < -0.4 is 21.1 Å². The number of nitrogens with zero attached hydrogens (tertiary/aromatic N) is 1. The first-order valence-corrected chi connectivity index (χ1v) is 11.0. The van der Waals surface area contributed by atoms with Crippen LogP contribution in [0.1, 0.15) is 5.56 Å². The second-order valence-corrected chi connectivity index (χ2v) is 7.94. The van der Waals surface area contributed by atoms with E-state index in [4.69, 9.17) is 15.2 Å². The first-order chi connectivity index (χ1) is 17.7. The second-order valence-electron chi connectivity index (χ2n) is 7.94. The average Bonchev–Trinajstić information content (AvgIpc) is 2.85. The summed E-state index contributed by atoms with van der Waals surface area (Å²) in [5.41, 5.74) is 6.31. The standard InChI is InChI=1S/C26H22F4N4O3/c1-36-11-12-37-24-19-4-2-3-18(20(19)14-23(31)34-24)15-5-8-17(9-6-15)32-25(35)33-22-13-16(26(28,29)30)7-10-21(22)27/h2-10,13-14H,11-12H2,1H3,(H2,31,34)(H2,32,33,35). The van der Waals surface area contributed by atoms with Crippen LogP contribution in [0.2, 0.25) is 0 Å². The maximum absolute atomic E-state index is 13.9. The molecule has 0 aliphatic rings. The van der Waals surface area contributed by atoms with E-state index >= 15 is 0 Å². The number of carbonyl (C=O) groups is 1. The average molecular weight is 514 g/mol. The molecule has 192 valence electrons. The molecule has 1 aromatic heterocycles. The highest BCUT2D eigenvalue weighted by molar-refractivity contribution is 6.02. The fraction of sp³-hybridized carbons (Fsp3) is 0.154. The lowest BCUT2D eigenvalue weighted by Gasteiger charge is -2.13. The minimum Gasteiger partial charge on any atom is -0.475 e. The third-order valence-electron chi connectivity index (χ3n) is 5.38. The first-order valence-electron chi connectivity index (χ1n) is 11.0. The van der Waals surface area contributed by atoms with Gasteiger partial charge in [0.2, 0.25) is 5.88 Å². The normalized spacial score (nSPS) is 11.4. The Morgan fingerprint density at radius 1 is 0.973 bits per heavy atom. The molecule has 0 aliphatic carbocycles. The molecule has 1 heterocycles. The number of pyridine rings is 1. The van der Waals surface area contributed by atoms with E-state index < -0.39 is 29.3 Å². The van der Waals surface area contributed by atoms with Gasteiger partial charge in [0.1, 0.15) is 18.2 Å². The van der Waals surface area contributed by atoms with E-state index in [1.807, 2.05) is 18.2 Å². The molecule has 0 aliphatic heterocycles. The Balaban J connectivity index is 1.53. The van der Waals surface area contributed by atoms with E-state index in [9.17, 15) is 22.4 Å². The minimum atomic E-state index is -4.67. The molecular formula is C26H22F4N4O3. The van der Waals surface area contributed by atoms with Gasteiger partial charge in [0.15, 0.2) is 0 Å². The molecule has 0 unspecified atom stereocenters. The maximum atomic E-state index is 13.9. The Kier molecular flexibility index (Phi) is 7.44. The highest BCUT2D eigenvalue weighted by Gasteiger charge is 2.31. The van der Waals surface area contributed by atoms with Gasteiger partial charge in [0.05, 0.1) is 17.9 Å². The number of nitrogens with one attached hydrogen (secondary N) is 2. The number of alkyl halides is 3. The number of benzene rings is 3. The van der Waals surface area contributed by atoms with Gasteiger partial charge in [-0.1, -0.05) is 24.3 Å². The zero-order valence-corrected chi connectivity index (χ0v) is 19.5. The number of hydrogen-bond donors (Lipinski definition) is 3. The van der Waals surface area contributed by atoms with E-state index in [-0.39, 0.29) is 5.82 Å². The zero-order chi connectivity index (χ0) is 26.6.